The van der Waals surface area contributed by atoms with Crippen LogP contribution in [0.15, 0.2) is 0 Å². The number of hydrogen-bond acceptors (Lipinski definition) is 4. The van der Waals surface area contributed by atoms with Crippen LogP contribution in [0.2, 0.25) is 0 Å². The van der Waals surface area contributed by atoms with Gasteiger partial charge in [-0.25, -0.2) is 0 Å². The molecule has 0 aliphatic heterocycles. The Kier molecular flexibility index (Phi) is 8.78. The summed E-state index contributed by atoms with van der Waals surface area (Å²) in [5, 5.41) is 21.9. The Hall–Kier alpha value is -0.160. The van der Waals surface area contributed by atoms with Crippen LogP contribution in [0.25, 0.3) is 0 Å². The van der Waals surface area contributed by atoms with Gasteiger partial charge in [-0.05, 0) is 39.5 Å². The fourth-order valence-electron chi connectivity index (χ4n) is 1.83. The van der Waals surface area contributed by atoms with Crippen molar-refractivity contribution in [1.82, 2.24) is 5.32 Å². The van der Waals surface area contributed by atoms with Crippen LogP contribution in [0.4, 0.5) is 0 Å². The van der Waals surface area contributed by atoms with E-state index in [2.05, 4.69) is 19.2 Å². The minimum Gasteiger partial charge on any atom is -0.396 e. The van der Waals surface area contributed by atoms with Crippen molar-refractivity contribution in [2.45, 2.75) is 65.2 Å². The molecule has 4 nitrogen and oxygen atoms in total. The summed E-state index contributed by atoms with van der Waals surface area (Å²) in [7, 11) is 0. The Balaban J connectivity index is 3.74. The second-order valence-electron chi connectivity index (χ2n) is 6.17. The molecule has 0 aromatic rings. The summed E-state index contributed by atoms with van der Waals surface area (Å²) in [6.07, 6.45) is 1.36. The van der Waals surface area contributed by atoms with Gasteiger partial charge in [0.05, 0.1) is 18.8 Å². The van der Waals surface area contributed by atoms with Gasteiger partial charge < -0.3 is 20.3 Å². The fourth-order valence-corrected chi connectivity index (χ4v) is 1.83. The SMILES string of the molecule is CC(C)CC(C)OCC(O)CNC(C)(C)CCO. The van der Waals surface area contributed by atoms with Gasteiger partial charge in [-0.2, -0.15) is 0 Å². The van der Waals surface area contributed by atoms with E-state index in [4.69, 9.17) is 9.84 Å². The van der Waals surface area contributed by atoms with Crippen molar-refractivity contribution in [3.05, 3.63) is 0 Å². The van der Waals surface area contributed by atoms with E-state index in [1.54, 1.807) is 0 Å². The third-order valence-electron chi connectivity index (χ3n) is 2.93. The maximum Gasteiger partial charge on any atom is 0.0898 e. The van der Waals surface area contributed by atoms with E-state index >= 15 is 0 Å². The molecule has 0 aromatic carbocycles. The lowest BCUT2D eigenvalue weighted by atomic mass is 10.0. The Morgan fingerprint density at radius 3 is 2.33 bits per heavy atom. The van der Waals surface area contributed by atoms with Crippen molar-refractivity contribution in [3.8, 4) is 0 Å². The summed E-state index contributed by atoms with van der Waals surface area (Å²) in [5.74, 6) is 0.610. The van der Waals surface area contributed by atoms with Crippen molar-refractivity contribution in [2.75, 3.05) is 19.8 Å². The number of aliphatic hydroxyl groups is 2. The molecule has 0 spiro atoms. The summed E-state index contributed by atoms with van der Waals surface area (Å²) in [6, 6.07) is 0. The molecular weight excluding hydrogens is 230 g/mol. The number of aliphatic hydroxyl groups excluding tert-OH is 2. The third kappa shape index (κ3) is 9.83. The Labute approximate surface area is 112 Å². The zero-order valence-corrected chi connectivity index (χ0v) is 12.6. The average Bonchev–Trinajstić information content (AvgIpc) is 2.22. The molecule has 0 radical (unpaired) electrons. The average molecular weight is 261 g/mol. The highest BCUT2D eigenvalue weighted by atomic mass is 16.5. The number of nitrogens with one attached hydrogen (secondary N) is 1. The lowest BCUT2D eigenvalue weighted by molar-refractivity contribution is -0.0108. The summed E-state index contributed by atoms with van der Waals surface area (Å²) >= 11 is 0. The monoisotopic (exact) mass is 261 g/mol. The molecule has 0 amide bonds. The predicted molar refractivity (Wildman–Crippen MR) is 74.7 cm³/mol. The first-order valence-electron chi connectivity index (χ1n) is 6.92. The molecule has 0 saturated carbocycles. The lowest BCUT2D eigenvalue weighted by Crippen LogP contribution is -2.45. The van der Waals surface area contributed by atoms with Crippen LogP contribution in [0.3, 0.4) is 0 Å². The minimum atomic E-state index is -0.502. The molecule has 110 valence electrons. The first kappa shape index (κ1) is 17.8. The maximum absolute atomic E-state index is 9.81. The summed E-state index contributed by atoms with van der Waals surface area (Å²) < 4.78 is 5.60. The van der Waals surface area contributed by atoms with Gasteiger partial charge in [-0.1, -0.05) is 13.8 Å². The van der Waals surface area contributed by atoms with Gasteiger partial charge in [0, 0.05) is 18.7 Å². The van der Waals surface area contributed by atoms with Crippen LogP contribution in [0.1, 0.15) is 47.5 Å². The first-order chi connectivity index (χ1) is 8.26. The third-order valence-corrected chi connectivity index (χ3v) is 2.93. The van der Waals surface area contributed by atoms with Gasteiger partial charge in [0.25, 0.3) is 0 Å². The van der Waals surface area contributed by atoms with Crippen molar-refractivity contribution in [1.29, 1.82) is 0 Å². The number of ether oxygens (including phenoxy) is 1. The van der Waals surface area contributed by atoms with E-state index in [1.165, 1.54) is 0 Å². The molecule has 0 rings (SSSR count). The van der Waals surface area contributed by atoms with Gasteiger partial charge in [-0.15, -0.1) is 0 Å². The van der Waals surface area contributed by atoms with E-state index < -0.39 is 6.10 Å². The molecular formula is C14H31NO3. The van der Waals surface area contributed by atoms with Crippen LogP contribution in [-0.4, -0.2) is 47.7 Å². The van der Waals surface area contributed by atoms with Crippen molar-refractivity contribution >= 4 is 0 Å². The van der Waals surface area contributed by atoms with Crippen LogP contribution < -0.4 is 5.32 Å². The summed E-state index contributed by atoms with van der Waals surface area (Å²) in [5.41, 5.74) is -0.153. The van der Waals surface area contributed by atoms with Crippen LogP contribution in [0.5, 0.6) is 0 Å². The van der Waals surface area contributed by atoms with E-state index in [1.807, 2.05) is 20.8 Å². The number of β-amino-alcohol motifs (C(OH)–C–C–N with tert-alkyl or cyclic N) is 1. The van der Waals surface area contributed by atoms with Gasteiger partial charge in [0.1, 0.15) is 0 Å². The molecule has 0 fully saturated rings. The zero-order valence-electron chi connectivity index (χ0n) is 12.6. The van der Waals surface area contributed by atoms with Gasteiger partial charge in [0.15, 0.2) is 0 Å². The number of rotatable bonds is 10. The van der Waals surface area contributed by atoms with Crippen molar-refractivity contribution in [2.24, 2.45) is 5.92 Å². The molecule has 0 aromatic heterocycles. The van der Waals surface area contributed by atoms with Crippen molar-refractivity contribution in [3.63, 3.8) is 0 Å². The van der Waals surface area contributed by atoms with Crippen LogP contribution >= 0.6 is 0 Å². The smallest absolute Gasteiger partial charge is 0.0898 e. The summed E-state index contributed by atoms with van der Waals surface area (Å²) in [6.45, 7) is 11.4. The van der Waals surface area contributed by atoms with Crippen LogP contribution in [0, 0.1) is 5.92 Å². The van der Waals surface area contributed by atoms with E-state index in [0.717, 1.165) is 6.42 Å². The molecule has 2 unspecified atom stereocenters. The van der Waals surface area contributed by atoms with Crippen LogP contribution in [-0.2, 0) is 4.74 Å². The standard InChI is InChI=1S/C14H31NO3/c1-11(2)8-12(3)18-10-13(17)9-15-14(4,5)6-7-16/h11-13,15-17H,6-10H2,1-5H3. The topological polar surface area (TPSA) is 61.7 Å². The molecule has 0 aliphatic carbocycles. The van der Waals surface area contributed by atoms with E-state index in [-0.39, 0.29) is 18.2 Å². The molecule has 2 atom stereocenters. The van der Waals surface area contributed by atoms with Gasteiger partial charge >= 0.3 is 0 Å². The minimum absolute atomic E-state index is 0.151. The summed E-state index contributed by atoms with van der Waals surface area (Å²) in [4.78, 5) is 0. The molecule has 0 aliphatic rings. The predicted octanol–water partition coefficient (Wildman–Crippen LogP) is 1.55. The Bertz CT molecular complexity index is 207. The quantitative estimate of drug-likeness (QED) is 0.558. The lowest BCUT2D eigenvalue weighted by Gasteiger charge is -2.27. The van der Waals surface area contributed by atoms with E-state index in [0.29, 0.717) is 25.5 Å². The van der Waals surface area contributed by atoms with E-state index in [9.17, 15) is 5.11 Å². The Morgan fingerprint density at radius 1 is 1.22 bits per heavy atom. The second-order valence-corrected chi connectivity index (χ2v) is 6.17. The largest absolute Gasteiger partial charge is 0.396 e. The molecule has 0 bridgehead atoms. The van der Waals surface area contributed by atoms with Gasteiger partial charge in [0.2, 0.25) is 0 Å². The first-order valence-corrected chi connectivity index (χ1v) is 6.92. The Morgan fingerprint density at radius 2 is 1.83 bits per heavy atom. The number of hydrogen-bond donors (Lipinski definition) is 3. The molecule has 4 heteroatoms. The molecule has 0 heterocycles. The van der Waals surface area contributed by atoms with Gasteiger partial charge in [-0.3, -0.25) is 0 Å². The highest BCUT2D eigenvalue weighted by molar-refractivity contribution is 4.78. The zero-order chi connectivity index (χ0) is 14.2. The molecule has 3 N–H and O–H groups in total. The highest BCUT2D eigenvalue weighted by Gasteiger charge is 2.18. The molecule has 18 heavy (non-hydrogen) atoms. The fraction of sp³-hybridized carbons (Fsp3) is 1.00. The van der Waals surface area contributed by atoms with Crippen molar-refractivity contribution < 1.29 is 14.9 Å². The molecule has 0 saturated heterocycles. The maximum atomic E-state index is 9.81. The normalized spacial score (nSPS) is 16.0. The highest BCUT2D eigenvalue weighted by Crippen LogP contribution is 2.09. The second kappa shape index (κ2) is 8.86.